The van der Waals surface area contributed by atoms with Crippen molar-refractivity contribution in [2.75, 3.05) is 20.3 Å². The molecule has 1 saturated carbocycles. The SMILES string of the molecule is CCOC(=O)C1(C2NCCc3c2[nH]c2ccc(OC)cc32)CCCC1. The van der Waals surface area contributed by atoms with Gasteiger partial charge in [-0.15, -0.1) is 0 Å². The number of H-pyrrole nitrogens is 1. The van der Waals surface area contributed by atoms with E-state index in [0.29, 0.717) is 6.61 Å². The molecule has 1 fully saturated rings. The van der Waals surface area contributed by atoms with E-state index in [0.717, 1.165) is 55.6 Å². The fourth-order valence-corrected chi connectivity index (χ4v) is 4.70. The minimum atomic E-state index is -0.448. The number of aromatic amines is 1. The van der Waals surface area contributed by atoms with E-state index in [4.69, 9.17) is 9.47 Å². The molecule has 2 aliphatic rings. The topological polar surface area (TPSA) is 63.3 Å². The molecule has 0 bridgehead atoms. The molecule has 0 radical (unpaired) electrons. The Balaban J connectivity index is 1.82. The third-order valence-electron chi connectivity index (χ3n) is 5.89. The molecule has 2 N–H and O–H groups in total. The minimum Gasteiger partial charge on any atom is -0.497 e. The van der Waals surface area contributed by atoms with Crippen molar-refractivity contribution in [2.45, 2.75) is 45.1 Å². The van der Waals surface area contributed by atoms with E-state index in [1.54, 1.807) is 7.11 Å². The number of nitrogens with one attached hydrogen (secondary N) is 2. The molecule has 0 saturated heterocycles. The van der Waals surface area contributed by atoms with Gasteiger partial charge in [0.05, 0.1) is 25.2 Å². The number of fused-ring (bicyclic) bond motifs is 3. The van der Waals surface area contributed by atoms with Gasteiger partial charge in [0.2, 0.25) is 0 Å². The van der Waals surface area contributed by atoms with E-state index in [1.165, 1.54) is 10.9 Å². The Labute approximate surface area is 148 Å². The molecule has 2 heterocycles. The molecule has 134 valence electrons. The Hall–Kier alpha value is -2.01. The summed E-state index contributed by atoms with van der Waals surface area (Å²) in [4.78, 5) is 16.5. The van der Waals surface area contributed by atoms with Crippen LogP contribution in [0.25, 0.3) is 10.9 Å². The van der Waals surface area contributed by atoms with Crippen LogP contribution >= 0.6 is 0 Å². The second-order valence-electron chi connectivity index (χ2n) is 7.15. The Bertz CT molecular complexity index is 790. The molecule has 1 aromatic carbocycles. The lowest BCUT2D eigenvalue weighted by Crippen LogP contribution is -2.46. The Morgan fingerprint density at radius 1 is 1.32 bits per heavy atom. The Kier molecular flexibility index (Phi) is 4.20. The number of methoxy groups -OCH3 is 1. The van der Waals surface area contributed by atoms with Gasteiger partial charge in [-0.25, -0.2) is 0 Å². The number of benzene rings is 1. The average Bonchev–Trinajstić information content (AvgIpc) is 3.26. The van der Waals surface area contributed by atoms with Gasteiger partial charge < -0.3 is 19.8 Å². The van der Waals surface area contributed by atoms with Crippen LogP contribution < -0.4 is 10.1 Å². The van der Waals surface area contributed by atoms with E-state index in [9.17, 15) is 4.79 Å². The molecule has 2 aromatic rings. The largest absolute Gasteiger partial charge is 0.497 e. The second-order valence-corrected chi connectivity index (χ2v) is 7.15. The highest BCUT2D eigenvalue weighted by Crippen LogP contribution is 2.50. The van der Waals surface area contributed by atoms with E-state index < -0.39 is 5.41 Å². The van der Waals surface area contributed by atoms with Gasteiger partial charge in [0.15, 0.2) is 0 Å². The fourth-order valence-electron chi connectivity index (χ4n) is 4.70. The van der Waals surface area contributed by atoms with Crippen molar-refractivity contribution in [3.05, 3.63) is 29.5 Å². The molecule has 0 spiro atoms. The summed E-state index contributed by atoms with van der Waals surface area (Å²) in [5, 5.41) is 4.83. The van der Waals surface area contributed by atoms with E-state index in [2.05, 4.69) is 22.4 Å². The fraction of sp³-hybridized carbons (Fsp3) is 0.550. The van der Waals surface area contributed by atoms with Crippen LogP contribution in [0, 0.1) is 5.41 Å². The maximum atomic E-state index is 12.9. The van der Waals surface area contributed by atoms with Crippen LogP contribution in [0.1, 0.15) is 49.9 Å². The van der Waals surface area contributed by atoms with Gasteiger partial charge in [-0.3, -0.25) is 4.79 Å². The second kappa shape index (κ2) is 6.37. The van der Waals surface area contributed by atoms with Crippen molar-refractivity contribution in [3.63, 3.8) is 0 Å². The highest BCUT2D eigenvalue weighted by atomic mass is 16.5. The monoisotopic (exact) mass is 342 g/mol. The molecule has 5 nitrogen and oxygen atoms in total. The number of carbonyl (C=O) groups is 1. The zero-order valence-electron chi connectivity index (χ0n) is 15.0. The van der Waals surface area contributed by atoms with E-state index >= 15 is 0 Å². The summed E-state index contributed by atoms with van der Waals surface area (Å²) < 4.78 is 10.9. The summed E-state index contributed by atoms with van der Waals surface area (Å²) in [7, 11) is 1.69. The lowest BCUT2D eigenvalue weighted by Gasteiger charge is -2.38. The van der Waals surface area contributed by atoms with Gasteiger partial charge in [-0.05, 0) is 56.5 Å². The number of carbonyl (C=O) groups excluding carboxylic acids is 1. The van der Waals surface area contributed by atoms with Crippen LogP contribution in [0.5, 0.6) is 5.75 Å². The summed E-state index contributed by atoms with van der Waals surface area (Å²) in [6.45, 7) is 3.20. The maximum Gasteiger partial charge on any atom is 0.314 e. The first-order chi connectivity index (χ1) is 12.2. The number of ether oxygens (including phenoxy) is 2. The van der Waals surface area contributed by atoms with Crippen molar-refractivity contribution in [3.8, 4) is 5.75 Å². The van der Waals surface area contributed by atoms with Crippen LogP contribution in [0.4, 0.5) is 0 Å². The molecule has 1 aliphatic heterocycles. The molecular formula is C20H26N2O3. The number of esters is 1. The van der Waals surface area contributed by atoms with Crippen LogP contribution in [0.15, 0.2) is 18.2 Å². The van der Waals surface area contributed by atoms with Gasteiger partial charge >= 0.3 is 5.97 Å². The molecule has 4 rings (SSSR count). The van der Waals surface area contributed by atoms with Crippen LogP contribution in [0.3, 0.4) is 0 Å². The molecule has 1 unspecified atom stereocenters. The lowest BCUT2D eigenvalue weighted by atomic mass is 9.74. The predicted molar refractivity (Wildman–Crippen MR) is 96.8 cm³/mol. The molecule has 1 atom stereocenters. The Morgan fingerprint density at radius 3 is 2.84 bits per heavy atom. The maximum absolute atomic E-state index is 12.9. The molecule has 25 heavy (non-hydrogen) atoms. The van der Waals surface area contributed by atoms with E-state index in [-0.39, 0.29) is 12.0 Å². The first kappa shape index (κ1) is 16.5. The van der Waals surface area contributed by atoms with Crippen molar-refractivity contribution in [1.82, 2.24) is 10.3 Å². The van der Waals surface area contributed by atoms with Gasteiger partial charge in [0.1, 0.15) is 5.75 Å². The molecule has 0 amide bonds. The lowest BCUT2D eigenvalue weighted by molar-refractivity contribution is -0.157. The first-order valence-electron chi connectivity index (χ1n) is 9.28. The third kappa shape index (κ3) is 2.53. The van der Waals surface area contributed by atoms with Crippen molar-refractivity contribution in [1.29, 1.82) is 0 Å². The zero-order chi connectivity index (χ0) is 17.4. The van der Waals surface area contributed by atoms with Crippen LogP contribution in [-0.2, 0) is 16.0 Å². The predicted octanol–water partition coefficient (Wildman–Crippen LogP) is 3.49. The third-order valence-corrected chi connectivity index (χ3v) is 5.89. The highest BCUT2D eigenvalue weighted by molar-refractivity contribution is 5.87. The molecule has 5 heteroatoms. The van der Waals surface area contributed by atoms with Crippen molar-refractivity contribution in [2.24, 2.45) is 5.41 Å². The van der Waals surface area contributed by atoms with Gasteiger partial charge in [0, 0.05) is 16.6 Å². The molecule has 1 aromatic heterocycles. The van der Waals surface area contributed by atoms with Crippen molar-refractivity contribution < 1.29 is 14.3 Å². The zero-order valence-corrected chi connectivity index (χ0v) is 15.0. The van der Waals surface area contributed by atoms with Crippen LogP contribution in [0.2, 0.25) is 0 Å². The smallest absolute Gasteiger partial charge is 0.314 e. The molecular weight excluding hydrogens is 316 g/mol. The average molecular weight is 342 g/mol. The minimum absolute atomic E-state index is 0.00352. The Morgan fingerprint density at radius 2 is 2.12 bits per heavy atom. The number of hydrogen-bond donors (Lipinski definition) is 2. The first-order valence-corrected chi connectivity index (χ1v) is 9.28. The van der Waals surface area contributed by atoms with Crippen LogP contribution in [-0.4, -0.2) is 31.2 Å². The summed E-state index contributed by atoms with van der Waals surface area (Å²) >= 11 is 0. The number of rotatable bonds is 4. The highest BCUT2D eigenvalue weighted by Gasteiger charge is 2.51. The normalized spacial score (nSPS) is 21.9. The summed E-state index contributed by atoms with van der Waals surface area (Å²) in [5.41, 5.74) is 3.13. The molecule has 1 aliphatic carbocycles. The van der Waals surface area contributed by atoms with Gasteiger partial charge in [0.25, 0.3) is 0 Å². The number of aromatic nitrogens is 1. The van der Waals surface area contributed by atoms with E-state index in [1.807, 2.05) is 13.0 Å². The van der Waals surface area contributed by atoms with Gasteiger partial charge in [-0.1, -0.05) is 12.8 Å². The summed E-state index contributed by atoms with van der Waals surface area (Å²) in [6, 6.07) is 6.13. The standard InChI is InChI=1S/C20H26N2O3/c1-3-25-19(23)20(9-4-5-10-20)18-17-14(8-11-21-18)15-12-13(24-2)6-7-16(15)22-17/h6-7,12,18,21-22H,3-5,8-11H2,1-2H3. The van der Waals surface area contributed by atoms with Gasteiger partial charge in [-0.2, -0.15) is 0 Å². The summed E-state index contributed by atoms with van der Waals surface area (Å²) in [5.74, 6) is 0.819. The number of hydrogen-bond acceptors (Lipinski definition) is 4. The quantitative estimate of drug-likeness (QED) is 0.835. The van der Waals surface area contributed by atoms with Crippen molar-refractivity contribution >= 4 is 16.9 Å². The summed E-state index contributed by atoms with van der Waals surface area (Å²) in [6.07, 6.45) is 4.90.